The monoisotopic (exact) mass is 330 g/mol. The number of thiophene rings is 1. The van der Waals surface area contributed by atoms with Crippen LogP contribution in [0.3, 0.4) is 0 Å². The Balaban J connectivity index is 2.08. The van der Waals surface area contributed by atoms with Crippen LogP contribution < -0.4 is 5.14 Å². The van der Waals surface area contributed by atoms with E-state index in [2.05, 4.69) is 13.8 Å². The van der Waals surface area contributed by atoms with Crippen molar-refractivity contribution in [3.63, 3.8) is 0 Å². The maximum Gasteiger partial charge on any atom is 0.254 e. The molecule has 1 unspecified atom stereocenters. The van der Waals surface area contributed by atoms with Gasteiger partial charge in [-0.1, -0.05) is 13.8 Å². The number of primary sulfonamides is 1. The first-order valence-electron chi connectivity index (χ1n) is 7.19. The van der Waals surface area contributed by atoms with Gasteiger partial charge in [0.15, 0.2) is 0 Å². The summed E-state index contributed by atoms with van der Waals surface area (Å²) in [7, 11) is -3.73. The van der Waals surface area contributed by atoms with Gasteiger partial charge in [0.1, 0.15) is 4.21 Å². The van der Waals surface area contributed by atoms with Crippen LogP contribution in [0.25, 0.3) is 0 Å². The van der Waals surface area contributed by atoms with Crippen molar-refractivity contribution >= 4 is 27.3 Å². The number of nitrogens with zero attached hydrogens (tertiary/aromatic N) is 1. The summed E-state index contributed by atoms with van der Waals surface area (Å²) < 4.78 is 22.6. The predicted octanol–water partition coefficient (Wildman–Crippen LogP) is 2.29. The van der Waals surface area contributed by atoms with E-state index in [0.717, 1.165) is 43.7 Å². The van der Waals surface area contributed by atoms with E-state index in [-0.39, 0.29) is 10.1 Å². The zero-order chi connectivity index (χ0) is 15.6. The van der Waals surface area contributed by atoms with E-state index in [1.165, 1.54) is 6.07 Å². The highest BCUT2D eigenvalue weighted by Gasteiger charge is 2.24. The molecule has 0 spiro atoms. The van der Waals surface area contributed by atoms with Crippen molar-refractivity contribution in [2.75, 3.05) is 13.1 Å². The molecule has 118 valence electrons. The normalized spacial score (nSPS) is 20.6. The summed E-state index contributed by atoms with van der Waals surface area (Å²) in [5.41, 5.74) is 0.423. The molecule has 1 aliphatic rings. The summed E-state index contributed by atoms with van der Waals surface area (Å²) in [6.45, 7) is 5.92. The highest BCUT2D eigenvalue weighted by Crippen LogP contribution is 2.26. The molecule has 0 aliphatic carbocycles. The standard InChI is InChI=1S/C14H22N2O3S2/c1-10(2)11-4-3-6-16(7-5-11)14(17)12-8-13(20-9-12)21(15,18)19/h8-11H,3-7H2,1-2H3,(H2,15,18,19). The minimum atomic E-state index is -3.73. The van der Waals surface area contributed by atoms with Crippen molar-refractivity contribution in [3.05, 3.63) is 17.0 Å². The van der Waals surface area contributed by atoms with Gasteiger partial charge in [0, 0.05) is 18.5 Å². The Labute approximate surface area is 130 Å². The van der Waals surface area contributed by atoms with Crippen molar-refractivity contribution in [1.29, 1.82) is 0 Å². The van der Waals surface area contributed by atoms with E-state index in [4.69, 9.17) is 5.14 Å². The molecule has 7 heteroatoms. The van der Waals surface area contributed by atoms with Gasteiger partial charge in [-0.3, -0.25) is 4.79 Å². The minimum Gasteiger partial charge on any atom is -0.339 e. The topological polar surface area (TPSA) is 80.5 Å². The molecule has 0 bridgehead atoms. The van der Waals surface area contributed by atoms with Gasteiger partial charge in [-0.15, -0.1) is 11.3 Å². The first kappa shape index (κ1) is 16.5. The molecular weight excluding hydrogens is 308 g/mol. The Bertz CT molecular complexity index is 607. The number of amides is 1. The number of hydrogen-bond acceptors (Lipinski definition) is 4. The minimum absolute atomic E-state index is 0.0423. The number of likely N-dealkylation sites (tertiary alicyclic amines) is 1. The van der Waals surface area contributed by atoms with Gasteiger partial charge in [-0.25, -0.2) is 13.6 Å². The molecule has 1 amide bonds. The van der Waals surface area contributed by atoms with Crippen molar-refractivity contribution in [2.45, 2.75) is 37.3 Å². The summed E-state index contributed by atoms with van der Waals surface area (Å²) in [5, 5.41) is 6.66. The Hall–Kier alpha value is -0.920. The molecule has 2 heterocycles. The molecule has 0 radical (unpaired) electrons. The molecule has 1 aliphatic heterocycles. The summed E-state index contributed by atoms with van der Waals surface area (Å²) in [5.74, 6) is 1.20. The Morgan fingerprint density at radius 1 is 1.38 bits per heavy atom. The fourth-order valence-electron chi connectivity index (χ4n) is 2.75. The number of hydrogen-bond donors (Lipinski definition) is 1. The fraction of sp³-hybridized carbons (Fsp3) is 0.643. The van der Waals surface area contributed by atoms with Crippen molar-refractivity contribution < 1.29 is 13.2 Å². The molecule has 2 N–H and O–H groups in total. The van der Waals surface area contributed by atoms with Crippen LogP contribution in [-0.2, 0) is 10.0 Å². The zero-order valence-electron chi connectivity index (χ0n) is 12.4. The Morgan fingerprint density at radius 3 is 2.67 bits per heavy atom. The first-order valence-corrected chi connectivity index (χ1v) is 9.62. The van der Waals surface area contributed by atoms with Gasteiger partial charge >= 0.3 is 0 Å². The van der Waals surface area contributed by atoms with Crippen LogP contribution in [0.2, 0.25) is 0 Å². The first-order chi connectivity index (χ1) is 9.79. The summed E-state index contributed by atoms with van der Waals surface area (Å²) >= 11 is 0.999. The van der Waals surface area contributed by atoms with Crippen molar-refractivity contribution in [2.24, 2.45) is 17.0 Å². The van der Waals surface area contributed by atoms with Crippen LogP contribution in [0.1, 0.15) is 43.5 Å². The Morgan fingerprint density at radius 2 is 2.10 bits per heavy atom. The van der Waals surface area contributed by atoms with Gasteiger partial charge < -0.3 is 4.90 Å². The van der Waals surface area contributed by atoms with Crippen LogP contribution in [0, 0.1) is 11.8 Å². The van der Waals surface area contributed by atoms with Gasteiger partial charge in [-0.05, 0) is 37.2 Å². The lowest BCUT2D eigenvalue weighted by Gasteiger charge is -2.21. The molecule has 2 rings (SSSR count). The van der Waals surface area contributed by atoms with Crippen LogP contribution in [0.15, 0.2) is 15.7 Å². The quantitative estimate of drug-likeness (QED) is 0.923. The second-order valence-corrected chi connectivity index (χ2v) is 8.63. The maximum atomic E-state index is 12.5. The summed E-state index contributed by atoms with van der Waals surface area (Å²) in [6.07, 6.45) is 3.16. The van der Waals surface area contributed by atoms with Crippen LogP contribution in [0.4, 0.5) is 0 Å². The molecule has 1 aromatic heterocycles. The van der Waals surface area contributed by atoms with E-state index in [9.17, 15) is 13.2 Å². The lowest BCUT2D eigenvalue weighted by Crippen LogP contribution is -2.31. The van der Waals surface area contributed by atoms with Gasteiger partial charge in [0.25, 0.3) is 5.91 Å². The number of rotatable bonds is 3. The maximum absolute atomic E-state index is 12.5. The molecular formula is C14H22N2O3S2. The molecule has 0 saturated carbocycles. The third-order valence-corrected chi connectivity index (χ3v) is 6.49. The summed E-state index contributed by atoms with van der Waals surface area (Å²) in [6, 6.07) is 1.38. The van der Waals surface area contributed by atoms with Gasteiger partial charge in [-0.2, -0.15) is 0 Å². The molecule has 1 fully saturated rings. The number of nitrogens with two attached hydrogens (primary N) is 1. The molecule has 21 heavy (non-hydrogen) atoms. The van der Waals surface area contributed by atoms with Crippen molar-refractivity contribution in [3.8, 4) is 0 Å². The predicted molar refractivity (Wildman–Crippen MR) is 83.8 cm³/mol. The second-order valence-electron chi connectivity index (χ2n) is 5.93. The fourth-order valence-corrected chi connectivity index (χ4v) is 4.33. The summed E-state index contributed by atoms with van der Waals surface area (Å²) in [4.78, 5) is 14.3. The molecule has 0 aromatic carbocycles. The van der Waals surface area contributed by atoms with Gasteiger partial charge in [0.05, 0.1) is 5.56 Å². The molecule has 1 aromatic rings. The van der Waals surface area contributed by atoms with Crippen molar-refractivity contribution in [1.82, 2.24) is 4.90 Å². The number of carbonyl (C=O) groups is 1. The average molecular weight is 330 g/mol. The smallest absolute Gasteiger partial charge is 0.254 e. The van der Waals surface area contributed by atoms with Crippen LogP contribution in [0.5, 0.6) is 0 Å². The molecule has 1 saturated heterocycles. The highest BCUT2D eigenvalue weighted by molar-refractivity contribution is 7.91. The highest BCUT2D eigenvalue weighted by atomic mass is 32.2. The Kier molecular flexibility index (Phi) is 5.06. The molecule has 5 nitrogen and oxygen atoms in total. The largest absolute Gasteiger partial charge is 0.339 e. The number of sulfonamides is 1. The van der Waals surface area contributed by atoms with E-state index in [1.807, 2.05) is 4.90 Å². The van der Waals surface area contributed by atoms with E-state index < -0.39 is 10.0 Å². The van der Waals surface area contributed by atoms with E-state index in [1.54, 1.807) is 5.38 Å². The lowest BCUT2D eigenvalue weighted by molar-refractivity contribution is 0.0759. The number of carbonyl (C=O) groups excluding carboxylic acids is 1. The van der Waals surface area contributed by atoms with E-state index >= 15 is 0 Å². The van der Waals surface area contributed by atoms with Gasteiger partial charge in [0.2, 0.25) is 10.0 Å². The van der Waals surface area contributed by atoms with Crippen LogP contribution >= 0.6 is 11.3 Å². The third kappa shape index (κ3) is 4.05. The molecule has 1 atom stereocenters. The zero-order valence-corrected chi connectivity index (χ0v) is 14.0. The third-order valence-electron chi connectivity index (χ3n) is 4.11. The SMILES string of the molecule is CC(C)C1CCCN(C(=O)c2csc(S(N)(=O)=O)c2)CC1. The van der Waals surface area contributed by atoms with Crippen LogP contribution in [-0.4, -0.2) is 32.3 Å². The second kappa shape index (κ2) is 6.46. The average Bonchev–Trinajstić information content (AvgIpc) is 2.76. The van der Waals surface area contributed by atoms with E-state index in [0.29, 0.717) is 17.4 Å². The lowest BCUT2D eigenvalue weighted by atomic mass is 9.89.